The number of hydrogen-bond donors (Lipinski definition) is 3. The molecule has 3 N–H and O–H groups in total. The number of aliphatic hydroxyl groups excluding tert-OH is 2. The Morgan fingerprint density at radius 3 is 2.52 bits per heavy atom. The second-order valence-corrected chi connectivity index (χ2v) is 12.9. The van der Waals surface area contributed by atoms with Gasteiger partial charge >= 0.3 is 6.09 Å². The van der Waals surface area contributed by atoms with Gasteiger partial charge in [-0.2, -0.15) is 0 Å². The van der Waals surface area contributed by atoms with E-state index >= 15 is 0 Å². The van der Waals surface area contributed by atoms with Gasteiger partial charge in [0, 0.05) is 50.3 Å². The average Bonchev–Trinajstić information content (AvgIpc) is 3.11. The summed E-state index contributed by atoms with van der Waals surface area (Å²) in [4.78, 5) is 31.6. The van der Waals surface area contributed by atoms with Crippen molar-refractivity contribution in [2.24, 2.45) is 22.9 Å². The number of oxime groups is 1. The van der Waals surface area contributed by atoms with Crippen molar-refractivity contribution in [1.29, 1.82) is 0 Å². The molecule has 13 heteroatoms. The molecule has 0 spiro atoms. The van der Waals surface area contributed by atoms with Crippen LogP contribution in [0, 0.1) is 27.9 Å². The molecule has 1 heterocycles. The van der Waals surface area contributed by atoms with Crippen molar-refractivity contribution >= 4 is 17.5 Å². The Morgan fingerprint density at radius 1 is 1.14 bits per heavy atom. The maximum Gasteiger partial charge on any atom is 0.415 e. The molecule has 2 aromatic carbocycles. The molecule has 0 bridgehead atoms. The number of carbonyl (C=O) groups is 1. The molecule has 1 aliphatic heterocycles. The lowest BCUT2D eigenvalue weighted by atomic mass is 9.55. The maximum atomic E-state index is 13.9. The van der Waals surface area contributed by atoms with Crippen LogP contribution in [0.2, 0.25) is 0 Å². The highest BCUT2D eigenvalue weighted by Crippen LogP contribution is 2.61. The van der Waals surface area contributed by atoms with Crippen LogP contribution in [-0.2, 0) is 9.57 Å². The number of phenols is 1. The molecule has 0 unspecified atom stereocenters. The predicted octanol–water partition coefficient (Wildman–Crippen LogP) is 6.08. The zero-order valence-electron chi connectivity index (χ0n) is 28.6. The van der Waals surface area contributed by atoms with Gasteiger partial charge in [0.1, 0.15) is 29.9 Å². The lowest BCUT2D eigenvalue weighted by Gasteiger charge is -2.59. The fraction of sp³-hybridized carbons (Fsp3) is 0.514. The third-order valence-corrected chi connectivity index (χ3v) is 9.97. The van der Waals surface area contributed by atoms with Crippen molar-refractivity contribution in [2.75, 3.05) is 33.5 Å². The number of unbranched alkanes of at least 4 members (excludes halogenated alkanes) is 2. The summed E-state index contributed by atoms with van der Waals surface area (Å²) in [5, 5.41) is 45.9. The van der Waals surface area contributed by atoms with Crippen LogP contribution in [0.3, 0.4) is 0 Å². The molecule has 0 aromatic heterocycles. The topological polar surface area (TPSA) is 173 Å². The van der Waals surface area contributed by atoms with Gasteiger partial charge in [-0.05, 0) is 80.3 Å². The minimum absolute atomic E-state index is 0.0228. The molecule has 0 saturated heterocycles. The number of allylic oxidation sites excluding steroid dienone is 1. The molecule has 1 amide bonds. The fourth-order valence-corrected chi connectivity index (χ4v) is 7.82. The number of likely N-dealkylation sites (N-methyl/N-ethyl adjacent to an activating group) is 1. The number of hydrogen-bond acceptors (Lipinski definition) is 11. The zero-order valence-corrected chi connectivity index (χ0v) is 28.6. The normalized spacial score (nSPS) is 25.8. The lowest BCUT2D eigenvalue weighted by Crippen LogP contribution is -2.69. The summed E-state index contributed by atoms with van der Waals surface area (Å²) in [6, 6.07) is 9.47. The van der Waals surface area contributed by atoms with E-state index in [1.165, 1.54) is 29.2 Å². The Labute approximate surface area is 291 Å². The largest absolute Gasteiger partial charge is 0.508 e. The smallest absolute Gasteiger partial charge is 0.415 e. The third-order valence-electron chi connectivity index (χ3n) is 9.97. The quantitative estimate of drug-likeness (QED) is 0.0809. The zero-order chi connectivity index (χ0) is 35.8. The summed E-state index contributed by atoms with van der Waals surface area (Å²) in [5.41, 5.74) is 2.19. The van der Waals surface area contributed by atoms with E-state index in [-0.39, 0.29) is 61.2 Å². The first-order valence-electron chi connectivity index (χ1n) is 17.3. The van der Waals surface area contributed by atoms with Crippen molar-refractivity contribution in [3.05, 3.63) is 82.4 Å². The number of rotatable bonds is 16. The monoisotopic (exact) mass is 693 g/mol. The van der Waals surface area contributed by atoms with E-state index in [0.717, 1.165) is 36.8 Å². The molecule has 50 heavy (non-hydrogen) atoms. The van der Waals surface area contributed by atoms with Gasteiger partial charge < -0.3 is 39.3 Å². The Kier molecular flexibility index (Phi) is 12.1. The summed E-state index contributed by atoms with van der Waals surface area (Å²) in [6.45, 7) is 6.31. The van der Waals surface area contributed by atoms with Gasteiger partial charge in [-0.3, -0.25) is 10.1 Å². The molecule has 6 atom stereocenters. The van der Waals surface area contributed by atoms with E-state index in [4.69, 9.17) is 19.0 Å². The van der Waals surface area contributed by atoms with Gasteiger partial charge in [0.15, 0.2) is 0 Å². The summed E-state index contributed by atoms with van der Waals surface area (Å²) in [6.07, 6.45) is 7.74. The third kappa shape index (κ3) is 7.49. The second-order valence-electron chi connectivity index (χ2n) is 12.9. The summed E-state index contributed by atoms with van der Waals surface area (Å²) < 4.78 is 19.4. The van der Waals surface area contributed by atoms with Gasteiger partial charge in [0.2, 0.25) is 5.79 Å². The summed E-state index contributed by atoms with van der Waals surface area (Å²) >= 11 is 0. The Hall–Kier alpha value is -4.46. The molecule has 1 saturated carbocycles. The molecule has 2 aromatic rings. The van der Waals surface area contributed by atoms with E-state index in [2.05, 4.69) is 17.8 Å². The first kappa shape index (κ1) is 36.8. The first-order chi connectivity index (χ1) is 24.2. The number of nitro benzene ring substituents is 1. The second kappa shape index (κ2) is 16.5. The van der Waals surface area contributed by atoms with Gasteiger partial charge in [-0.15, -0.1) is 6.58 Å². The minimum Gasteiger partial charge on any atom is -0.508 e. The molecular weight excluding hydrogens is 646 g/mol. The Bertz CT molecular complexity index is 1580. The Balaban J connectivity index is 1.67. The number of nitrogens with zero attached hydrogens (tertiary/aromatic N) is 3. The van der Waals surface area contributed by atoms with Crippen LogP contribution >= 0.6 is 0 Å². The van der Waals surface area contributed by atoms with Crippen LogP contribution in [0.5, 0.6) is 17.2 Å². The van der Waals surface area contributed by atoms with Gasteiger partial charge in [0.25, 0.3) is 5.69 Å². The van der Waals surface area contributed by atoms with Crippen molar-refractivity contribution in [2.45, 2.75) is 69.6 Å². The Morgan fingerprint density at radius 2 is 1.86 bits per heavy atom. The van der Waals surface area contributed by atoms with E-state index in [9.17, 15) is 30.2 Å². The first-order valence-corrected chi connectivity index (χ1v) is 17.3. The minimum atomic E-state index is -1.46. The highest BCUT2D eigenvalue weighted by atomic mass is 16.7. The molecule has 1 fully saturated rings. The molecule has 2 aliphatic carbocycles. The van der Waals surface area contributed by atoms with Crippen molar-refractivity contribution in [1.82, 2.24) is 4.90 Å². The number of non-ortho nitro benzene ring substituents is 1. The molecular formula is C37H47N3O10. The van der Waals surface area contributed by atoms with Crippen LogP contribution in [0.4, 0.5) is 10.5 Å². The summed E-state index contributed by atoms with van der Waals surface area (Å²) in [5.74, 6) is -1.42. The van der Waals surface area contributed by atoms with Gasteiger partial charge in [0.05, 0.1) is 23.2 Å². The lowest BCUT2D eigenvalue weighted by molar-refractivity contribution is -0.384. The van der Waals surface area contributed by atoms with Gasteiger partial charge in [-0.25, -0.2) is 4.79 Å². The highest BCUT2D eigenvalue weighted by molar-refractivity contribution is 6.03. The highest BCUT2D eigenvalue weighted by Gasteiger charge is 2.65. The van der Waals surface area contributed by atoms with Crippen molar-refractivity contribution in [3.8, 4) is 17.2 Å². The number of ether oxygens (including phenoxy) is 3. The number of carbonyl (C=O) groups excluding carboxylic acids is 1. The number of benzene rings is 2. The molecule has 5 rings (SSSR count). The van der Waals surface area contributed by atoms with Crippen LogP contribution in [-0.4, -0.2) is 82.3 Å². The number of aliphatic hydroxyl groups is 2. The predicted molar refractivity (Wildman–Crippen MR) is 185 cm³/mol. The van der Waals surface area contributed by atoms with E-state index in [0.29, 0.717) is 30.9 Å². The average molecular weight is 694 g/mol. The number of nitro groups is 1. The fourth-order valence-electron chi connectivity index (χ4n) is 7.82. The summed E-state index contributed by atoms with van der Waals surface area (Å²) in [7, 11) is 1.59. The molecule has 3 aliphatic rings. The van der Waals surface area contributed by atoms with Crippen molar-refractivity contribution in [3.63, 3.8) is 0 Å². The number of amides is 1. The maximum absolute atomic E-state index is 13.9. The number of fused-ring (bicyclic) bond motifs is 2. The van der Waals surface area contributed by atoms with E-state index in [1.807, 2.05) is 6.92 Å². The van der Waals surface area contributed by atoms with E-state index in [1.54, 1.807) is 31.3 Å². The van der Waals surface area contributed by atoms with Crippen LogP contribution in [0.15, 0.2) is 71.9 Å². The molecule has 0 radical (unpaired) electrons. The van der Waals surface area contributed by atoms with Crippen LogP contribution in [0.1, 0.15) is 63.4 Å². The van der Waals surface area contributed by atoms with Crippen LogP contribution in [0.25, 0.3) is 0 Å². The van der Waals surface area contributed by atoms with Crippen LogP contribution < -0.4 is 9.47 Å². The van der Waals surface area contributed by atoms with E-state index < -0.39 is 28.8 Å². The number of aromatic hydroxyl groups is 1. The molecule has 270 valence electrons. The standard InChI is InChI=1S/C37H47N3O10/c1-4-20-47-37-33(39(3)36(44)49-27-15-12-25(13-16-27)40(45)46)23-31(38-48-5-2)29-21-24(10-6-8-18-41)28(11-7-9-19-42)34(35(29)37)30-22-26(43)14-17-32(30)50-37/h4,12-17,21-22,24,28,33-35,41-43H,1,5-11,18-20,23H2,2-3H3/t24-,28+,33-,34+,35+,37+/m0/s1. The SMILES string of the molecule is C=CCO[C@@]12Oc3ccc(O)cc3[C@H]3[C@H](CCCCO)[C@@H](CCCCO)C=C(C(=NOCC)C[C@@H]1N(C)C(=O)Oc1ccc([N+](=O)[O-])cc1)[C@H]32. The number of phenolic OH excluding ortho intramolecular Hbond substituents is 1. The van der Waals surface area contributed by atoms with Crippen molar-refractivity contribution < 1.29 is 44.1 Å². The molecule has 13 nitrogen and oxygen atoms in total. The van der Waals surface area contributed by atoms with Gasteiger partial charge in [-0.1, -0.05) is 30.1 Å².